The van der Waals surface area contributed by atoms with Crippen LogP contribution in [0.1, 0.15) is 11.1 Å². The summed E-state index contributed by atoms with van der Waals surface area (Å²) >= 11 is 0. The maximum atomic E-state index is 10.3. The number of hydrogen-bond acceptors (Lipinski definition) is 1. The van der Waals surface area contributed by atoms with Gasteiger partial charge in [-0.15, -0.1) is 0 Å². The van der Waals surface area contributed by atoms with E-state index in [-0.39, 0.29) is 0 Å². The first-order valence-corrected chi connectivity index (χ1v) is 6.50. The van der Waals surface area contributed by atoms with Crippen molar-refractivity contribution >= 4 is 30.9 Å². The zero-order valence-corrected chi connectivity index (χ0v) is 10.1. The average Bonchev–Trinajstić information content (AvgIpc) is 2.55. The number of hydrogen-bond donors (Lipinski definition) is 1. The van der Waals surface area contributed by atoms with Gasteiger partial charge in [-0.1, -0.05) is 12.1 Å². The van der Waals surface area contributed by atoms with E-state index < -0.39 is 10.8 Å². The lowest BCUT2D eigenvalue weighted by Crippen LogP contribution is -1.78. The lowest BCUT2D eigenvalue weighted by Gasteiger charge is -1.96. The highest BCUT2D eigenvalue weighted by Crippen LogP contribution is 2.41. The van der Waals surface area contributed by atoms with Crippen LogP contribution in [-0.4, -0.2) is 4.55 Å². The van der Waals surface area contributed by atoms with Gasteiger partial charge >= 0.3 is 0 Å². The van der Waals surface area contributed by atoms with E-state index in [0.717, 1.165) is 9.40 Å². The molecule has 0 amide bonds. The Kier molecular flexibility index (Phi) is 2.03. The first-order chi connectivity index (χ1) is 7.68. The van der Waals surface area contributed by atoms with Crippen LogP contribution >= 0.6 is 10.8 Å². The fourth-order valence-electron chi connectivity index (χ4n) is 2.14. The van der Waals surface area contributed by atoms with Crippen molar-refractivity contribution < 1.29 is 4.55 Å². The zero-order valence-electron chi connectivity index (χ0n) is 9.32. The van der Waals surface area contributed by atoms with Gasteiger partial charge in [0, 0.05) is 12.1 Å². The quantitative estimate of drug-likeness (QED) is 0.563. The molecule has 0 saturated heterocycles. The molecule has 0 aliphatic heterocycles. The predicted octanol–water partition coefficient (Wildman–Crippen LogP) is 4.49. The van der Waals surface area contributed by atoms with Gasteiger partial charge in [0.05, 0.1) is 10.8 Å². The molecular formula is C14H13OS+. The molecule has 1 aromatic heterocycles. The van der Waals surface area contributed by atoms with E-state index in [0.29, 0.717) is 0 Å². The molecule has 0 fully saturated rings. The molecule has 0 aliphatic carbocycles. The SMILES string of the molecule is Cc1cc2c3ccccc3[s+](O)c2cc1C. The molecule has 1 unspecified atom stereocenters. The Bertz CT molecular complexity index is 695. The Morgan fingerprint density at radius 3 is 2.38 bits per heavy atom. The van der Waals surface area contributed by atoms with Gasteiger partial charge in [0.2, 0.25) is 9.40 Å². The third-order valence-corrected chi connectivity index (χ3v) is 4.72. The number of rotatable bonds is 0. The summed E-state index contributed by atoms with van der Waals surface area (Å²) in [7, 11) is -0.741. The molecule has 1 N–H and O–H groups in total. The van der Waals surface area contributed by atoms with Crippen LogP contribution in [0.25, 0.3) is 20.2 Å². The molecule has 3 aromatic rings. The minimum atomic E-state index is -0.741. The van der Waals surface area contributed by atoms with E-state index >= 15 is 0 Å². The number of aryl methyl sites for hydroxylation is 2. The Morgan fingerprint density at radius 2 is 1.56 bits per heavy atom. The van der Waals surface area contributed by atoms with Gasteiger partial charge in [-0.05, 0) is 37.1 Å². The highest BCUT2D eigenvalue weighted by atomic mass is 32.2. The Labute approximate surface area is 97.1 Å². The molecule has 2 heteroatoms. The fourth-order valence-corrected chi connectivity index (χ4v) is 3.63. The van der Waals surface area contributed by atoms with E-state index in [1.807, 2.05) is 18.2 Å². The van der Waals surface area contributed by atoms with Crippen molar-refractivity contribution in [3.8, 4) is 0 Å². The fraction of sp³-hybridized carbons (Fsp3) is 0.143. The van der Waals surface area contributed by atoms with Crippen molar-refractivity contribution in [2.24, 2.45) is 0 Å². The lowest BCUT2D eigenvalue weighted by atomic mass is 10.1. The molecule has 16 heavy (non-hydrogen) atoms. The minimum absolute atomic E-state index is 0.741. The molecule has 1 atom stereocenters. The van der Waals surface area contributed by atoms with Crippen LogP contribution in [0.4, 0.5) is 0 Å². The summed E-state index contributed by atoms with van der Waals surface area (Å²) in [6.07, 6.45) is 0. The summed E-state index contributed by atoms with van der Waals surface area (Å²) in [6, 6.07) is 12.4. The summed E-state index contributed by atoms with van der Waals surface area (Å²) in [5.74, 6) is 0. The summed E-state index contributed by atoms with van der Waals surface area (Å²) < 4.78 is 12.4. The van der Waals surface area contributed by atoms with Gasteiger partial charge < -0.3 is 0 Å². The van der Waals surface area contributed by atoms with E-state index in [1.54, 1.807) is 0 Å². The van der Waals surface area contributed by atoms with Crippen molar-refractivity contribution in [1.82, 2.24) is 0 Å². The first-order valence-electron chi connectivity index (χ1n) is 5.32. The molecular weight excluding hydrogens is 216 g/mol. The highest BCUT2D eigenvalue weighted by Gasteiger charge is 2.20. The van der Waals surface area contributed by atoms with Gasteiger partial charge in [0.1, 0.15) is 0 Å². The van der Waals surface area contributed by atoms with E-state index in [1.165, 1.54) is 21.9 Å². The molecule has 1 heterocycles. The van der Waals surface area contributed by atoms with Crippen LogP contribution in [0, 0.1) is 13.8 Å². The van der Waals surface area contributed by atoms with Crippen molar-refractivity contribution in [3.05, 3.63) is 47.5 Å². The maximum Gasteiger partial charge on any atom is 0.218 e. The Morgan fingerprint density at radius 1 is 0.875 bits per heavy atom. The first kappa shape index (κ1) is 9.82. The van der Waals surface area contributed by atoms with Crippen molar-refractivity contribution in [2.45, 2.75) is 13.8 Å². The van der Waals surface area contributed by atoms with Gasteiger partial charge in [-0.2, -0.15) is 4.55 Å². The Hall–Kier alpha value is -1.38. The van der Waals surface area contributed by atoms with E-state index in [9.17, 15) is 4.55 Å². The molecule has 0 saturated carbocycles. The van der Waals surface area contributed by atoms with Gasteiger partial charge in [-0.25, -0.2) is 0 Å². The average molecular weight is 229 g/mol. The van der Waals surface area contributed by atoms with Crippen LogP contribution in [0.2, 0.25) is 0 Å². The molecule has 3 rings (SSSR count). The molecule has 2 aromatic carbocycles. The van der Waals surface area contributed by atoms with Crippen LogP contribution in [-0.2, 0) is 0 Å². The second kappa shape index (κ2) is 3.30. The maximum absolute atomic E-state index is 10.3. The summed E-state index contributed by atoms with van der Waals surface area (Å²) in [5, 5.41) is 2.39. The highest BCUT2D eigenvalue weighted by molar-refractivity contribution is 7.37. The third kappa shape index (κ3) is 1.20. The molecule has 0 aliphatic rings. The standard InChI is InChI=1S/C14H13OS/c1-9-7-12-11-5-3-4-6-13(11)16(15)14(12)8-10(9)2/h3-8,15H,1-2H3/q+1. The van der Waals surface area contributed by atoms with Crippen LogP contribution < -0.4 is 0 Å². The third-order valence-electron chi connectivity index (χ3n) is 3.19. The molecule has 1 nitrogen and oxygen atoms in total. The van der Waals surface area contributed by atoms with E-state index in [4.69, 9.17) is 0 Å². The molecule has 80 valence electrons. The molecule has 0 radical (unpaired) electrons. The summed E-state index contributed by atoms with van der Waals surface area (Å²) in [4.78, 5) is 0. The second-order valence-corrected chi connectivity index (χ2v) is 5.66. The van der Waals surface area contributed by atoms with Crippen molar-refractivity contribution in [3.63, 3.8) is 0 Å². The normalized spacial score (nSPS) is 12.6. The molecule has 0 spiro atoms. The minimum Gasteiger partial charge on any atom is -0.163 e. The lowest BCUT2D eigenvalue weighted by molar-refractivity contribution is 0.646. The van der Waals surface area contributed by atoms with Gasteiger partial charge in [-0.3, -0.25) is 0 Å². The Balaban J connectivity index is 2.62. The monoisotopic (exact) mass is 229 g/mol. The van der Waals surface area contributed by atoms with Crippen LogP contribution in [0.5, 0.6) is 0 Å². The predicted molar refractivity (Wildman–Crippen MR) is 70.7 cm³/mol. The smallest absolute Gasteiger partial charge is 0.163 e. The van der Waals surface area contributed by atoms with Gasteiger partial charge in [0.15, 0.2) is 10.8 Å². The topological polar surface area (TPSA) is 20.2 Å². The summed E-state index contributed by atoms with van der Waals surface area (Å²) in [5.41, 5.74) is 2.53. The number of benzene rings is 2. The van der Waals surface area contributed by atoms with Crippen molar-refractivity contribution in [1.29, 1.82) is 0 Å². The largest absolute Gasteiger partial charge is 0.218 e. The van der Waals surface area contributed by atoms with Crippen LogP contribution in [0.3, 0.4) is 0 Å². The van der Waals surface area contributed by atoms with Gasteiger partial charge in [0.25, 0.3) is 0 Å². The molecule has 0 bridgehead atoms. The number of thiophene rings is 1. The van der Waals surface area contributed by atoms with Crippen LogP contribution in [0.15, 0.2) is 36.4 Å². The number of fused-ring (bicyclic) bond motifs is 3. The zero-order chi connectivity index (χ0) is 11.3. The summed E-state index contributed by atoms with van der Waals surface area (Å²) in [6.45, 7) is 4.21. The van der Waals surface area contributed by atoms with Crippen molar-refractivity contribution in [2.75, 3.05) is 0 Å². The second-order valence-electron chi connectivity index (χ2n) is 4.21. The van der Waals surface area contributed by atoms with E-state index in [2.05, 4.69) is 32.0 Å².